The Morgan fingerprint density at radius 2 is 2.22 bits per heavy atom. The molecule has 0 bridgehead atoms. The van der Waals surface area contributed by atoms with Gasteiger partial charge in [-0.1, -0.05) is 0 Å². The van der Waals surface area contributed by atoms with Crippen LogP contribution >= 0.6 is 0 Å². The Labute approximate surface area is 135 Å². The van der Waals surface area contributed by atoms with E-state index >= 15 is 0 Å². The van der Waals surface area contributed by atoms with E-state index in [1.807, 2.05) is 4.90 Å². The molecule has 7 heteroatoms. The minimum absolute atomic E-state index is 0.143. The number of nitrogens with one attached hydrogen (secondary N) is 1. The number of furan rings is 1. The average Bonchev–Trinajstić information content (AvgIpc) is 2.90. The molecular weight excluding hydrogens is 300 g/mol. The van der Waals surface area contributed by atoms with Crippen molar-refractivity contribution in [2.24, 2.45) is 0 Å². The molecule has 1 saturated heterocycles. The first kappa shape index (κ1) is 17.3. The zero-order valence-corrected chi connectivity index (χ0v) is 13.7. The number of ether oxygens (including phenoxy) is 1. The van der Waals surface area contributed by atoms with Gasteiger partial charge in [-0.2, -0.15) is 0 Å². The predicted molar refractivity (Wildman–Crippen MR) is 83.0 cm³/mol. The minimum Gasteiger partial charge on any atom is -0.480 e. The van der Waals surface area contributed by atoms with Gasteiger partial charge in [0.2, 0.25) is 0 Å². The maximum Gasteiger partial charge on any atom is 0.407 e. The SMILES string of the molecule is CC(C)(C)OC(=O)N[C@H]1CCCN([C@H](C(=O)O)c2ccco2)C1. The number of nitrogens with zero attached hydrogens (tertiary/aromatic N) is 1. The van der Waals surface area contributed by atoms with E-state index in [-0.39, 0.29) is 6.04 Å². The van der Waals surface area contributed by atoms with Crippen LogP contribution < -0.4 is 5.32 Å². The molecule has 23 heavy (non-hydrogen) atoms. The summed E-state index contributed by atoms with van der Waals surface area (Å²) in [4.78, 5) is 25.3. The van der Waals surface area contributed by atoms with E-state index in [0.717, 1.165) is 12.8 Å². The summed E-state index contributed by atoms with van der Waals surface area (Å²) in [6, 6.07) is 2.35. The number of piperidine rings is 1. The summed E-state index contributed by atoms with van der Waals surface area (Å²) in [6.45, 7) is 6.49. The minimum atomic E-state index is -0.960. The number of carbonyl (C=O) groups is 2. The molecule has 0 aromatic carbocycles. The van der Waals surface area contributed by atoms with Crippen LogP contribution in [-0.4, -0.2) is 46.8 Å². The monoisotopic (exact) mass is 324 g/mol. The first-order valence-electron chi connectivity index (χ1n) is 7.76. The third-order valence-corrected chi connectivity index (χ3v) is 3.59. The molecule has 0 radical (unpaired) electrons. The molecule has 1 aliphatic heterocycles. The zero-order valence-electron chi connectivity index (χ0n) is 13.7. The van der Waals surface area contributed by atoms with Crippen molar-refractivity contribution in [3.05, 3.63) is 24.2 Å². The lowest BCUT2D eigenvalue weighted by Gasteiger charge is -2.36. The molecule has 1 aliphatic rings. The van der Waals surface area contributed by atoms with Gasteiger partial charge in [-0.15, -0.1) is 0 Å². The number of hydrogen-bond acceptors (Lipinski definition) is 5. The number of amides is 1. The predicted octanol–water partition coefficient (Wildman–Crippen LogP) is 2.39. The maximum atomic E-state index is 11.9. The van der Waals surface area contributed by atoms with Gasteiger partial charge >= 0.3 is 12.1 Å². The highest BCUT2D eigenvalue weighted by Crippen LogP contribution is 2.25. The van der Waals surface area contributed by atoms with Crippen molar-refractivity contribution >= 4 is 12.1 Å². The van der Waals surface area contributed by atoms with Crippen LogP contribution in [0.15, 0.2) is 22.8 Å². The van der Waals surface area contributed by atoms with Crippen LogP contribution in [0, 0.1) is 0 Å². The molecule has 2 rings (SSSR count). The van der Waals surface area contributed by atoms with Crippen molar-refractivity contribution in [3.63, 3.8) is 0 Å². The molecule has 1 amide bonds. The lowest BCUT2D eigenvalue weighted by atomic mass is 10.0. The second-order valence-corrected chi connectivity index (χ2v) is 6.74. The van der Waals surface area contributed by atoms with Gasteiger partial charge in [0.15, 0.2) is 6.04 Å². The van der Waals surface area contributed by atoms with Crippen molar-refractivity contribution in [1.29, 1.82) is 0 Å². The lowest BCUT2D eigenvalue weighted by molar-refractivity contribution is -0.144. The van der Waals surface area contributed by atoms with Gasteiger partial charge in [-0.05, 0) is 52.3 Å². The number of likely N-dealkylation sites (tertiary alicyclic amines) is 1. The van der Waals surface area contributed by atoms with Crippen LogP contribution in [0.4, 0.5) is 4.79 Å². The van der Waals surface area contributed by atoms with Crippen LogP contribution in [0.5, 0.6) is 0 Å². The topological polar surface area (TPSA) is 92.0 Å². The van der Waals surface area contributed by atoms with Gasteiger partial charge in [0.05, 0.1) is 6.26 Å². The summed E-state index contributed by atoms with van der Waals surface area (Å²) < 4.78 is 10.5. The first-order chi connectivity index (χ1) is 10.8. The third kappa shape index (κ3) is 4.99. The van der Waals surface area contributed by atoms with Crippen molar-refractivity contribution in [2.75, 3.05) is 13.1 Å². The molecule has 0 unspecified atom stereocenters. The largest absolute Gasteiger partial charge is 0.480 e. The van der Waals surface area contributed by atoms with Crippen molar-refractivity contribution in [3.8, 4) is 0 Å². The highest BCUT2D eigenvalue weighted by molar-refractivity contribution is 5.74. The fraction of sp³-hybridized carbons (Fsp3) is 0.625. The maximum absolute atomic E-state index is 11.9. The molecule has 128 valence electrons. The van der Waals surface area contributed by atoms with Gasteiger partial charge in [0, 0.05) is 12.6 Å². The highest BCUT2D eigenvalue weighted by Gasteiger charge is 2.34. The zero-order chi connectivity index (χ0) is 17.0. The quantitative estimate of drug-likeness (QED) is 0.883. The summed E-state index contributed by atoms with van der Waals surface area (Å²) in [5.74, 6) is -0.562. The molecule has 2 heterocycles. The van der Waals surface area contributed by atoms with E-state index in [2.05, 4.69) is 5.32 Å². The van der Waals surface area contributed by atoms with E-state index in [1.165, 1.54) is 6.26 Å². The van der Waals surface area contributed by atoms with E-state index in [4.69, 9.17) is 9.15 Å². The van der Waals surface area contributed by atoms with Crippen molar-refractivity contribution in [2.45, 2.75) is 51.3 Å². The van der Waals surface area contributed by atoms with Crippen LogP contribution in [0.25, 0.3) is 0 Å². The van der Waals surface area contributed by atoms with Crippen LogP contribution in [0.2, 0.25) is 0 Å². The van der Waals surface area contributed by atoms with Gasteiger partial charge < -0.3 is 19.6 Å². The molecule has 1 aromatic rings. The Balaban J connectivity index is 1.99. The molecule has 0 aliphatic carbocycles. The molecule has 0 saturated carbocycles. The summed E-state index contributed by atoms with van der Waals surface area (Å²) in [5.41, 5.74) is -0.559. The fourth-order valence-electron chi connectivity index (χ4n) is 2.74. The van der Waals surface area contributed by atoms with Gasteiger partial charge in [-0.25, -0.2) is 4.79 Å². The van der Waals surface area contributed by atoms with Crippen molar-refractivity contribution in [1.82, 2.24) is 10.2 Å². The van der Waals surface area contributed by atoms with E-state index in [9.17, 15) is 14.7 Å². The second-order valence-electron chi connectivity index (χ2n) is 6.74. The van der Waals surface area contributed by atoms with E-state index < -0.39 is 23.7 Å². The molecule has 1 fully saturated rings. The number of rotatable bonds is 4. The number of alkyl carbamates (subject to hydrolysis) is 1. The van der Waals surface area contributed by atoms with Crippen LogP contribution in [-0.2, 0) is 9.53 Å². The Morgan fingerprint density at radius 1 is 1.48 bits per heavy atom. The molecular formula is C16H24N2O5. The Hall–Kier alpha value is -2.02. The first-order valence-corrected chi connectivity index (χ1v) is 7.76. The normalized spacial score (nSPS) is 20.7. The number of carboxylic acid groups (broad SMARTS) is 1. The second kappa shape index (κ2) is 7.04. The summed E-state index contributed by atoms with van der Waals surface area (Å²) in [6.07, 6.45) is 2.57. The standard InChI is InChI=1S/C16H24N2O5/c1-16(2,3)23-15(21)17-11-6-4-8-18(10-11)13(14(19)20)12-7-5-9-22-12/h5,7,9,11,13H,4,6,8,10H2,1-3H3,(H,17,21)(H,19,20)/t11-,13-/m0/s1. The number of aliphatic carboxylic acids is 1. The molecule has 2 atom stereocenters. The Bertz CT molecular complexity index is 535. The Morgan fingerprint density at radius 3 is 2.78 bits per heavy atom. The van der Waals surface area contributed by atoms with Gasteiger partial charge in [0.1, 0.15) is 11.4 Å². The average molecular weight is 324 g/mol. The van der Waals surface area contributed by atoms with Gasteiger partial charge in [-0.3, -0.25) is 9.69 Å². The van der Waals surface area contributed by atoms with Crippen molar-refractivity contribution < 1.29 is 23.8 Å². The smallest absolute Gasteiger partial charge is 0.407 e. The summed E-state index contributed by atoms with van der Waals surface area (Å²) in [7, 11) is 0. The lowest BCUT2D eigenvalue weighted by Crippen LogP contribution is -2.50. The highest BCUT2D eigenvalue weighted by atomic mass is 16.6. The number of carbonyl (C=O) groups excluding carboxylic acids is 1. The van der Waals surface area contributed by atoms with E-state index in [1.54, 1.807) is 32.9 Å². The third-order valence-electron chi connectivity index (χ3n) is 3.59. The Kier molecular flexibility index (Phi) is 5.30. The molecule has 1 aromatic heterocycles. The molecule has 0 spiro atoms. The van der Waals surface area contributed by atoms with Crippen LogP contribution in [0.1, 0.15) is 45.4 Å². The molecule has 7 nitrogen and oxygen atoms in total. The van der Waals surface area contributed by atoms with Crippen LogP contribution in [0.3, 0.4) is 0 Å². The fourth-order valence-corrected chi connectivity index (χ4v) is 2.74. The number of carboxylic acids is 1. The van der Waals surface area contributed by atoms with Gasteiger partial charge in [0.25, 0.3) is 0 Å². The summed E-state index contributed by atoms with van der Waals surface area (Å²) >= 11 is 0. The summed E-state index contributed by atoms with van der Waals surface area (Å²) in [5, 5.41) is 12.3. The van der Waals surface area contributed by atoms with E-state index in [0.29, 0.717) is 18.8 Å². The number of hydrogen-bond donors (Lipinski definition) is 2. The molecule has 2 N–H and O–H groups in total.